The Hall–Kier alpha value is -2.27. The number of hydrogen-bond acceptors (Lipinski definition) is 3. The third-order valence-electron chi connectivity index (χ3n) is 4.03. The van der Waals surface area contributed by atoms with Gasteiger partial charge in [0.1, 0.15) is 5.82 Å². The number of nitrogens with two attached hydrogens (primary N) is 2. The van der Waals surface area contributed by atoms with Gasteiger partial charge in [0.2, 0.25) is 6.41 Å². The number of rotatable bonds is 5. The van der Waals surface area contributed by atoms with E-state index in [1.54, 1.807) is 12.1 Å². The van der Waals surface area contributed by atoms with Crippen molar-refractivity contribution in [3.05, 3.63) is 53.0 Å². The van der Waals surface area contributed by atoms with Crippen molar-refractivity contribution in [3.8, 4) is 11.3 Å². The van der Waals surface area contributed by atoms with Gasteiger partial charge in [0.25, 0.3) is 0 Å². The van der Waals surface area contributed by atoms with Gasteiger partial charge in [0.15, 0.2) is 0 Å². The lowest BCUT2D eigenvalue weighted by molar-refractivity contribution is -0.106. The Labute approximate surface area is 156 Å². The molecular formula is C21H32FN3O. The van der Waals surface area contributed by atoms with Crippen LogP contribution in [0.2, 0.25) is 0 Å². The minimum atomic E-state index is -0.225. The van der Waals surface area contributed by atoms with E-state index in [2.05, 4.69) is 32.6 Å². The third kappa shape index (κ3) is 6.92. The van der Waals surface area contributed by atoms with Crippen LogP contribution in [0, 0.1) is 12.7 Å². The SMILES string of the molecule is CC.CCC(C)c1cc(CCN)nc(-c2ccc(F)cc2)c1C.NC=O. The van der Waals surface area contributed by atoms with E-state index < -0.39 is 0 Å². The Kier molecular flexibility index (Phi) is 11.9. The van der Waals surface area contributed by atoms with Crippen LogP contribution in [0.25, 0.3) is 11.3 Å². The molecule has 1 heterocycles. The highest BCUT2D eigenvalue weighted by Gasteiger charge is 2.14. The number of aromatic nitrogens is 1. The molecule has 26 heavy (non-hydrogen) atoms. The number of halogens is 1. The second-order valence-electron chi connectivity index (χ2n) is 5.67. The number of benzene rings is 1. The van der Waals surface area contributed by atoms with Crippen molar-refractivity contribution in [1.82, 2.24) is 4.98 Å². The summed E-state index contributed by atoms with van der Waals surface area (Å²) in [6.07, 6.45) is 2.09. The molecule has 1 aromatic heterocycles. The van der Waals surface area contributed by atoms with Gasteiger partial charge in [-0.3, -0.25) is 9.78 Å². The van der Waals surface area contributed by atoms with Crippen molar-refractivity contribution in [3.63, 3.8) is 0 Å². The lowest BCUT2D eigenvalue weighted by Gasteiger charge is -2.18. The first kappa shape index (κ1) is 23.7. The quantitative estimate of drug-likeness (QED) is 0.777. The summed E-state index contributed by atoms with van der Waals surface area (Å²) in [4.78, 5) is 13.3. The summed E-state index contributed by atoms with van der Waals surface area (Å²) in [7, 11) is 0. The summed E-state index contributed by atoms with van der Waals surface area (Å²) in [6, 6.07) is 8.71. The lowest BCUT2D eigenvalue weighted by Crippen LogP contribution is -2.08. The molecule has 0 radical (unpaired) electrons. The molecule has 0 saturated carbocycles. The van der Waals surface area contributed by atoms with Crippen molar-refractivity contribution in [1.29, 1.82) is 0 Å². The van der Waals surface area contributed by atoms with Crippen molar-refractivity contribution in [2.45, 2.75) is 53.4 Å². The molecule has 0 bridgehead atoms. The molecule has 0 fully saturated rings. The van der Waals surface area contributed by atoms with Gasteiger partial charge in [-0.15, -0.1) is 0 Å². The van der Waals surface area contributed by atoms with Crippen LogP contribution in [0.3, 0.4) is 0 Å². The Morgan fingerprint density at radius 2 is 1.77 bits per heavy atom. The van der Waals surface area contributed by atoms with Crippen LogP contribution in [0.15, 0.2) is 30.3 Å². The third-order valence-corrected chi connectivity index (χ3v) is 4.03. The number of primary amides is 1. The predicted molar refractivity (Wildman–Crippen MR) is 107 cm³/mol. The van der Waals surface area contributed by atoms with E-state index in [4.69, 9.17) is 15.5 Å². The number of carbonyl (C=O) groups excluding carboxylic acids is 1. The number of nitrogens with zero attached hydrogens (tertiary/aromatic N) is 1. The van der Waals surface area contributed by atoms with Crippen LogP contribution >= 0.6 is 0 Å². The van der Waals surface area contributed by atoms with E-state index in [1.807, 2.05) is 13.8 Å². The van der Waals surface area contributed by atoms with Crippen molar-refractivity contribution in [2.75, 3.05) is 6.54 Å². The van der Waals surface area contributed by atoms with Crippen molar-refractivity contribution < 1.29 is 9.18 Å². The summed E-state index contributed by atoms with van der Waals surface area (Å²) < 4.78 is 13.1. The highest BCUT2D eigenvalue weighted by Crippen LogP contribution is 2.30. The summed E-state index contributed by atoms with van der Waals surface area (Å²) >= 11 is 0. The maximum atomic E-state index is 13.1. The maximum Gasteiger partial charge on any atom is 0.204 e. The van der Waals surface area contributed by atoms with Gasteiger partial charge in [-0.25, -0.2) is 4.39 Å². The largest absolute Gasteiger partial charge is 0.372 e. The van der Waals surface area contributed by atoms with E-state index in [0.717, 1.165) is 29.8 Å². The molecular weight excluding hydrogens is 329 g/mol. The molecule has 0 aliphatic heterocycles. The van der Waals surface area contributed by atoms with Gasteiger partial charge in [-0.2, -0.15) is 0 Å². The number of pyridine rings is 1. The number of amides is 1. The molecule has 2 aromatic rings. The fraction of sp³-hybridized carbons (Fsp3) is 0.429. The van der Waals surface area contributed by atoms with E-state index in [1.165, 1.54) is 23.3 Å². The molecule has 0 aliphatic carbocycles. The van der Waals surface area contributed by atoms with Gasteiger partial charge in [-0.1, -0.05) is 27.7 Å². The molecule has 4 nitrogen and oxygen atoms in total. The van der Waals surface area contributed by atoms with Crippen LogP contribution in [-0.4, -0.2) is 17.9 Å². The summed E-state index contributed by atoms with van der Waals surface area (Å²) in [5.74, 6) is 0.250. The zero-order chi connectivity index (χ0) is 20.1. The van der Waals surface area contributed by atoms with Gasteiger partial charge in [-0.05, 0) is 67.3 Å². The molecule has 2 rings (SSSR count). The van der Waals surface area contributed by atoms with E-state index >= 15 is 0 Å². The first-order chi connectivity index (χ1) is 12.5. The van der Waals surface area contributed by atoms with Gasteiger partial charge in [0.05, 0.1) is 5.69 Å². The van der Waals surface area contributed by atoms with Gasteiger partial charge in [0, 0.05) is 17.7 Å². The second kappa shape index (κ2) is 13.0. The molecule has 1 amide bonds. The molecule has 5 heteroatoms. The molecule has 0 saturated heterocycles. The zero-order valence-corrected chi connectivity index (χ0v) is 16.6. The van der Waals surface area contributed by atoms with E-state index in [9.17, 15) is 4.39 Å². The van der Waals surface area contributed by atoms with Gasteiger partial charge < -0.3 is 11.5 Å². The summed E-state index contributed by atoms with van der Waals surface area (Å²) in [6.45, 7) is 11.1. The minimum Gasteiger partial charge on any atom is -0.372 e. The van der Waals surface area contributed by atoms with Crippen LogP contribution in [0.1, 0.15) is 56.9 Å². The normalized spacial score (nSPS) is 10.7. The summed E-state index contributed by atoms with van der Waals surface area (Å²) in [5, 5.41) is 0. The highest BCUT2D eigenvalue weighted by molar-refractivity contribution is 5.65. The predicted octanol–water partition coefficient (Wildman–Crippen LogP) is 4.34. The maximum absolute atomic E-state index is 13.1. The van der Waals surface area contributed by atoms with Crippen molar-refractivity contribution >= 4 is 6.41 Å². The standard InChI is InChI=1S/C18H23FN2.C2H6.CH3NO/c1-4-12(2)17-11-16(9-10-20)21-18(13(17)3)14-5-7-15(19)8-6-14;1-2;2-1-3/h5-8,11-12H,4,9-10,20H2,1-3H3;1-2H3;1H,(H2,2,3). The first-order valence-electron chi connectivity index (χ1n) is 9.10. The molecule has 144 valence electrons. The molecule has 1 unspecified atom stereocenters. The Morgan fingerprint density at radius 1 is 1.23 bits per heavy atom. The Bertz CT molecular complexity index is 657. The molecule has 1 atom stereocenters. The average molecular weight is 362 g/mol. The molecule has 1 aromatic carbocycles. The first-order valence-corrected chi connectivity index (χ1v) is 9.10. The zero-order valence-electron chi connectivity index (χ0n) is 16.6. The Balaban J connectivity index is 0.00000113. The smallest absolute Gasteiger partial charge is 0.204 e. The highest BCUT2D eigenvalue weighted by atomic mass is 19.1. The van der Waals surface area contributed by atoms with Crippen LogP contribution in [0.4, 0.5) is 4.39 Å². The summed E-state index contributed by atoms with van der Waals surface area (Å²) in [5.41, 5.74) is 15.2. The average Bonchev–Trinajstić information content (AvgIpc) is 2.65. The number of carbonyl (C=O) groups is 1. The van der Waals surface area contributed by atoms with Crippen LogP contribution < -0.4 is 11.5 Å². The van der Waals surface area contributed by atoms with Crippen LogP contribution in [0.5, 0.6) is 0 Å². The molecule has 0 spiro atoms. The van der Waals surface area contributed by atoms with Crippen LogP contribution in [-0.2, 0) is 11.2 Å². The van der Waals surface area contributed by atoms with Gasteiger partial charge >= 0.3 is 0 Å². The molecule has 0 aliphatic rings. The topological polar surface area (TPSA) is 82.0 Å². The molecule has 4 N–H and O–H groups in total. The fourth-order valence-electron chi connectivity index (χ4n) is 2.58. The number of hydrogen-bond donors (Lipinski definition) is 2. The Morgan fingerprint density at radius 3 is 2.23 bits per heavy atom. The lowest BCUT2D eigenvalue weighted by atomic mass is 9.91. The van der Waals surface area contributed by atoms with Crippen molar-refractivity contribution in [2.24, 2.45) is 11.5 Å². The van der Waals surface area contributed by atoms with E-state index in [0.29, 0.717) is 12.5 Å². The van der Waals surface area contributed by atoms with E-state index in [-0.39, 0.29) is 12.2 Å². The minimum absolute atomic E-state index is 0.225. The monoisotopic (exact) mass is 361 g/mol. The fourth-order valence-corrected chi connectivity index (χ4v) is 2.58. The second-order valence-corrected chi connectivity index (χ2v) is 5.67.